The van der Waals surface area contributed by atoms with E-state index in [2.05, 4.69) is 275 Å². The number of hydrogen-bond donors (Lipinski definition) is 0. The third-order valence-electron chi connectivity index (χ3n) is 14.6. The van der Waals surface area contributed by atoms with Crippen molar-refractivity contribution in [3.63, 3.8) is 0 Å². The average molecular weight is 880 g/mol. The normalized spacial score (nSPS) is 14.1. The predicted molar refractivity (Wildman–Crippen MR) is 290 cm³/mol. The summed E-state index contributed by atoms with van der Waals surface area (Å²) < 4.78 is 0. The number of hydrogen-bond acceptors (Lipinski definition) is 3. The maximum absolute atomic E-state index is 2.91. The number of rotatable bonds is 6. The lowest BCUT2D eigenvalue weighted by atomic mass is 9.33. The van der Waals surface area contributed by atoms with Crippen LogP contribution in [0.2, 0.25) is 0 Å². The van der Waals surface area contributed by atoms with Gasteiger partial charge in [-0.15, -0.1) is 0 Å². The van der Waals surface area contributed by atoms with Crippen molar-refractivity contribution in [2.75, 3.05) is 14.7 Å². The van der Waals surface area contributed by atoms with Gasteiger partial charge in [0.15, 0.2) is 8.07 Å². The van der Waals surface area contributed by atoms with Gasteiger partial charge in [-0.2, -0.15) is 0 Å². The second-order valence-electron chi connectivity index (χ2n) is 20.6. The largest absolute Gasteiger partial charge is 0.312 e. The van der Waals surface area contributed by atoms with Crippen molar-refractivity contribution in [3.05, 3.63) is 230 Å². The molecule has 67 heavy (non-hydrogen) atoms. The first kappa shape index (κ1) is 41.1. The van der Waals surface area contributed by atoms with Crippen LogP contribution in [-0.2, 0) is 10.8 Å². The summed E-state index contributed by atoms with van der Waals surface area (Å²) in [5.41, 5.74) is 17.4. The van der Waals surface area contributed by atoms with Crippen molar-refractivity contribution in [3.8, 4) is 0 Å². The lowest BCUT2D eigenvalue weighted by molar-refractivity contribution is 0.590. The van der Waals surface area contributed by atoms with Crippen LogP contribution in [0.5, 0.6) is 0 Å². The summed E-state index contributed by atoms with van der Waals surface area (Å²) >= 11 is 0. The van der Waals surface area contributed by atoms with Crippen molar-refractivity contribution in [1.82, 2.24) is 0 Å². The SMILES string of the molecule is CC(C)(C)c1ccc(N2c3ccc(C(C)(C)C)cc3B3c4cccc5c4N(c4ccccc4[Si]5(c4ccccc4)c4ccccc4)c4cc(N(c5ccccc5)c5ccccc5)cc2c43)cc1. The number of anilines is 9. The minimum absolute atomic E-state index is 0.0249. The summed E-state index contributed by atoms with van der Waals surface area (Å²) in [4.78, 5) is 7.68. The molecule has 3 aliphatic heterocycles. The molecule has 9 aromatic carbocycles. The van der Waals surface area contributed by atoms with E-state index in [1.165, 1.54) is 76.7 Å². The molecule has 0 fully saturated rings. The fourth-order valence-electron chi connectivity index (χ4n) is 11.5. The summed E-state index contributed by atoms with van der Waals surface area (Å²) in [7, 11) is -2.91. The van der Waals surface area contributed by atoms with Crippen LogP contribution in [0.1, 0.15) is 52.7 Å². The van der Waals surface area contributed by atoms with Crippen molar-refractivity contribution in [2.45, 2.75) is 52.4 Å². The molecule has 0 aliphatic carbocycles. The molecule has 0 unspecified atom stereocenters. The highest BCUT2D eigenvalue weighted by molar-refractivity contribution is 7.22. The van der Waals surface area contributed by atoms with E-state index in [1.54, 1.807) is 0 Å². The fourth-order valence-corrected chi connectivity index (χ4v) is 16.6. The topological polar surface area (TPSA) is 9.72 Å². The van der Waals surface area contributed by atoms with Gasteiger partial charge in [0, 0.05) is 45.5 Å². The highest BCUT2D eigenvalue weighted by Crippen LogP contribution is 2.49. The molecule has 324 valence electrons. The molecule has 0 bridgehead atoms. The van der Waals surface area contributed by atoms with Crippen LogP contribution in [0.15, 0.2) is 218 Å². The van der Waals surface area contributed by atoms with Gasteiger partial charge in [-0.1, -0.05) is 199 Å². The molecule has 0 saturated carbocycles. The molecule has 0 saturated heterocycles. The maximum Gasteiger partial charge on any atom is 0.252 e. The predicted octanol–water partition coefficient (Wildman–Crippen LogP) is 11.5. The molecule has 0 aromatic heterocycles. The van der Waals surface area contributed by atoms with Crippen molar-refractivity contribution >= 4 is 103 Å². The molecular weight excluding hydrogens is 826 g/mol. The van der Waals surface area contributed by atoms with E-state index in [4.69, 9.17) is 0 Å². The second-order valence-corrected chi connectivity index (χ2v) is 24.3. The Morgan fingerprint density at radius 1 is 0.388 bits per heavy atom. The number of fused-ring (bicyclic) bond motifs is 6. The van der Waals surface area contributed by atoms with Gasteiger partial charge < -0.3 is 14.7 Å². The van der Waals surface area contributed by atoms with Gasteiger partial charge in [0.25, 0.3) is 6.71 Å². The third kappa shape index (κ3) is 6.32. The van der Waals surface area contributed by atoms with E-state index in [0.29, 0.717) is 0 Å². The number of benzene rings is 9. The summed E-state index contributed by atoms with van der Waals surface area (Å²) in [6.45, 7) is 13.9. The minimum Gasteiger partial charge on any atom is -0.312 e. The third-order valence-corrected chi connectivity index (χ3v) is 19.4. The highest BCUT2D eigenvalue weighted by atomic mass is 28.3. The van der Waals surface area contributed by atoms with E-state index in [-0.39, 0.29) is 17.5 Å². The Bertz CT molecular complexity index is 3240. The minimum atomic E-state index is -2.91. The first-order chi connectivity index (χ1) is 32.5. The van der Waals surface area contributed by atoms with E-state index in [0.717, 1.165) is 22.7 Å². The van der Waals surface area contributed by atoms with Crippen LogP contribution < -0.4 is 51.8 Å². The van der Waals surface area contributed by atoms with Crippen LogP contribution in [0.25, 0.3) is 0 Å². The summed E-state index contributed by atoms with van der Waals surface area (Å²) in [5.74, 6) is 0. The Hall–Kier alpha value is -7.34. The van der Waals surface area contributed by atoms with E-state index < -0.39 is 8.07 Å². The quantitative estimate of drug-likeness (QED) is 0.154. The zero-order chi connectivity index (χ0) is 45.7. The Balaban J connectivity index is 1.24. The van der Waals surface area contributed by atoms with Gasteiger partial charge in [-0.3, -0.25) is 0 Å². The molecule has 5 heteroatoms. The van der Waals surface area contributed by atoms with Gasteiger partial charge in [-0.25, -0.2) is 0 Å². The molecule has 3 heterocycles. The van der Waals surface area contributed by atoms with Crippen molar-refractivity contribution in [1.29, 1.82) is 0 Å². The van der Waals surface area contributed by atoms with Gasteiger partial charge >= 0.3 is 0 Å². The van der Waals surface area contributed by atoms with Gasteiger partial charge in [0.2, 0.25) is 0 Å². The summed E-state index contributed by atoms with van der Waals surface area (Å²) in [6, 6.07) is 82.9. The van der Waals surface area contributed by atoms with Gasteiger partial charge in [0.1, 0.15) is 0 Å². The molecule has 9 aromatic rings. The molecule has 0 atom stereocenters. The van der Waals surface area contributed by atoms with Crippen molar-refractivity contribution in [2.24, 2.45) is 0 Å². The molecule has 3 aliphatic rings. The standard InChI is InChI=1S/C62H54BN3Si/c1-61(2,3)43-34-37-47(38-35-43)65-53-39-36-44(62(4,5)6)40-52(53)63-51-30-21-33-58-60(51)66(54-31-19-20-32-57(54)67(58,49-26-15-9-16-27-49)50-28-17-10-18-29-50)56-42-48(41-55(65)59(56)63)64(45-22-11-7-12-23-45)46-24-13-8-14-25-46/h7-42H,1-6H3. The van der Waals surface area contributed by atoms with Crippen molar-refractivity contribution < 1.29 is 0 Å². The van der Waals surface area contributed by atoms with Crippen LogP contribution in [0.3, 0.4) is 0 Å². The lowest BCUT2D eigenvalue weighted by Gasteiger charge is -2.51. The molecule has 0 amide bonds. The molecule has 0 N–H and O–H groups in total. The molecular formula is C62H54BN3Si. The zero-order valence-corrected chi connectivity index (χ0v) is 40.2. The Morgan fingerprint density at radius 3 is 1.48 bits per heavy atom. The first-order valence-corrected chi connectivity index (χ1v) is 25.8. The van der Waals surface area contributed by atoms with E-state index in [1.807, 2.05) is 0 Å². The second kappa shape index (κ2) is 15.4. The highest BCUT2D eigenvalue weighted by Gasteiger charge is 2.53. The van der Waals surface area contributed by atoms with E-state index in [9.17, 15) is 0 Å². The molecule has 12 rings (SSSR count). The maximum atomic E-state index is 2.67. The molecule has 0 radical (unpaired) electrons. The summed E-state index contributed by atoms with van der Waals surface area (Å²) in [5, 5.41) is 5.62. The number of nitrogens with zero attached hydrogens (tertiary/aromatic N) is 3. The lowest BCUT2D eigenvalue weighted by Crippen LogP contribution is -2.79. The number of para-hydroxylation sites is 4. The Labute approximate surface area is 397 Å². The van der Waals surface area contributed by atoms with Crippen LogP contribution in [0, 0.1) is 0 Å². The first-order valence-electron chi connectivity index (χ1n) is 23.8. The average Bonchev–Trinajstić information content (AvgIpc) is 3.35. The Kier molecular flexibility index (Phi) is 9.43. The zero-order valence-electron chi connectivity index (χ0n) is 39.2. The summed E-state index contributed by atoms with van der Waals surface area (Å²) in [6.07, 6.45) is 0. The van der Waals surface area contributed by atoms with Gasteiger partial charge in [-0.05, 0) is 120 Å². The smallest absolute Gasteiger partial charge is 0.252 e. The van der Waals surface area contributed by atoms with Crippen LogP contribution in [-0.4, -0.2) is 14.8 Å². The monoisotopic (exact) mass is 879 g/mol. The molecule has 3 nitrogen and oxygen atoms in total. The van der Waals surface area contributed by atoms with Gasteiger partial charge in [0.05, 0.1) is 5.69 Å². The van der Waals surface area contributed by atoms with E-state index >= 15 is 0 Å². The molecule has 0 spiro atoms. The Morgan fingerprint density at radius 2 is 0.896 bits per heavy atom. The van der Waals surface area contributed by atoms with Crippen LogP contribution >= 0.6 is 0 Å². The van der Waals surface area contributed by atoms with Crippen LogP contribution in [0.4, 0.5) is 51.2 Å². The fraction of sp³-hybridized carbons (Fsp3) is 0.129.